The number of benzene rings is 2. The van der Waals surface area contributed by atoms with Crippen LogP contribution in [0.3, 0.4) is 0 Å². The van der Waals surface area contributed by atoms with Gasteiger partial charge >= 0.3 is 0 Å². The number of para-hydroxylation sites is 1. The van der Waals surface area contributed by atoms with E-state index in [0.29, 0.717) is 27.0 Å². The van der Waals surface area contributed by atoms with Gasteiger partial charge in [0, 0.05) is 11.3 Å². The van der Waals surface area contributed by atoms with Crippen LogP contribution in [-0.2, 0) is 14.4 Å². The van der Waals surface area contributed by atoms with Crippen LogP contribution in [-0.4, -0.2) is 35.7 Å². The normalized spacial score (nSPS) is 18.0. The maximum Gasteiger partial charge on any atom is 0.264 e. The Balaban J connectivity index is 1.60. The van der Waals surface area contributed by atoms with E-state index in [1.807, 2.05) is 0 Å². The van der Waals surface area contributed by atoms with Crippen molar-refractivity contribution in [3.8, 4) is 5.75 Å². The lowest BCUT2D eigenvalue weighted by molar-refractivity contribution is -0.118. The Hall–Kier alpha value is -3.17. The summed E-state index contributed by atoms with van der Waals surface area (Å²) in [5, 5.41) is 5.29. The molecule has 0 bridgehead atoms. The molecule has 2 aliphatic heterocycles. The molecule has 146 valence electrons. The Morgan fingerprint density at radius 1 is 1.17 bits per heavy atom. The lowest BCUT2D eigenvalue weighted by atomic mass is 10.1. The zero-order valence-electron chi connectivity index (χ0n) is 15.2. The summed E-state index contributed by atoms with van der Waals surface area (Å²) in [6.07, 6.45) is 0. The number of fused-ring (bicyclic) bond motifs is 1. The van der Waals surface area contributed by atoms with Crippen LogP contribution < -0.4 is 20.3 Å². The molecule has 0 aromatic heterocycles. The lowest BCUT2D eigenvalue weighted by Gasteiger charge is -2.16. The number of rotatable bonds is 4. The summed E-state index contributed by atoms with van der Waals surface area (Å²) in [6.45, 7) is -0.185. The zero-order valence-corrected chi connectivity index (χ0v) is 16.9. The third kappa shape index (κ3) is 3.62. The Kier molecular flexibility index (Phi) is 5.08. The fourth-order valence-electron chi connectivity index (χ4n) is 3.15. The summed E-state index contributed by atoms with van der Waals surface area (Å²) < 4.78 is 5.40. The summed E-state index contributed by atoms with van der Waals surface area (Å²) >= 11 is 6.09. The van der Waals surface area contributed by atoms with Crippen molar-refractivity contribution in [2.24, 2.45) is 0 Å². The van der Waals surface area contributed by atoms with E-state index in [2.05, 4.69) is 10.6 Å². The van der Waals surface area contributed by atoms with Crippen molar-refractivity contribution in [2.75, 3.05) is 23.9 Å². The Morgan fingerprint density at radius 3 is 2.55 bits per heavy atom. The van der Waals surface area contributed by atoms with E-state index in [1.165, 1.54) is 4.90 Å². The zero-order chi connectivity index (χ0) is 20.5. The molecule has 0 spiro atoms. The third-order valence-electron chi connectivity index (χ3n) is 4.44. The predicted octanol–water partition coefficient (Wildman–Crippen LogP) is 2.54. The number of carbonyl (C=O) groups is 3. The summed E-state index contributed by atoms with van der Waals surface area (Å²) in [6, 6.07) is 13.9. The number of hydrogen-bond acceptors (Lipinski definition) is 6. The number of carbonyl (C=O) groups excluding carboxylic acids is 3. The molecule has 2 aromatic rings. The number of amides is 3. The first kappa shape index (κ1) is 19.2. The molecular formula is C20H15N3O4S2. The van der Waals surface area contributed by atoms with Crippen LogP contribution in [0, 0.1) is 0 Å². The van der Waals surface area contributed by atoms with E-state index < -0.39 is 11.8 Å². The van der Waals surface area contributed by atoms with Gasteiger partial charge in [0.05, 0.1) is 23.3 Å². The molecule has 2 aliphatic rings. The number of nitrogens with one attached hydrogen (secondary N) is 2. The molecule has 9 heteroatoms. The minimum atomic E-state index is -0.404. The van der Waals surface area contributed by atoms with Gasteiger partial charge in [-0.2, -0.15) is 0 Å². The first-order valence-electron chi connectivity index (χ1n) is 8.60. The lowest BCUT2D eigenvalue weighted by Crippen LogP contribution is -2.35. The number of anilines is 2. The van der Waals surface area contributed by atoms with Crippen LogP contribution in [0.25, 0.3) is 5.57 Å². The second-order valence-corrected chi connectivity index (χ2v) is 7.92. The second-order valence-electron chi connectivity index (χ2n) is 6.23. The highest BCUT2D eigenvalue weighted by Crippen LogP contribution is 2.42. The molecule has 4 rings (SSSR count). The minimum absolute atomic E-state index is 0.185. The van der Waals surface area contributed by atoms with E-state index in [9.17, 15) is 14.4 Å². The monoisotopic (exact) mass is 425 g/mol. The molecule has 0 aliphatic carbocycles. The number of nitrogens with zero attached hydrogens (tertiary/aromatic N) is 1. The minimum Gasteiger partial charge on any atom is -0.497 e. The van der Waals surface area contributed by atoms with E-state index in [4.69, 9.17) is 17.0 Å². The molecule has 2 N–H and O–H groups in total. The summed E-state index contributed by atoms with van der Waals surface area (Å²) in [4.78, 5) is 39.5. The average Bonchev–Trinajstić information content (AvgIpc) is 3.18. The molecule has 2 aromatic carbocycles. The van der Waals surface area contributed by atoms with Gasteiger partial charge in [-0.05, 0) is 30.3 Å². The van der Waals surface area contributed by atoms with Crippen molar-refractivity contribution in [1.82, 2.24) is 5.32 Å². The summed E-state index contributed by atoms with van der Waals surface area (Å²) in [5.41, 5.74) is 2.04. The SMILES string of the molecule is COc1ccc(NC(=O)CN2C(=O)/C(=C3\SC(=S)NC3=O)c3ccccc32)cc1. The van der Waals surface area contributed by atoms with Crippen molar-refractivity contribution in [2.45, 2.75) is 0 Å². The number of methoxy groups -OCH3 is 1. The van der Waals surface area contributed by atoms with Gasteiger partial charge in [0.2, 0.25) is 5.91 Å². The molecular weight excluding hydrogens is 410 g/mol. The van der Waals surface area contributed by atoms with E-state index in [-0.39, 0.29) is 22.9 Å². The van der Waals surface area contributed by atoms with Crippen molar-refractivity contribution in [3.05, 3.63) is 59.0 Å². The number of ether oxygens (including phenoxy) is 1. The molecule has 3 amide bonds. The summed E-state index contributed by atoms with van der Waals surface area (Å²) in [7, 11) is 1.56. The highest BCUT2D eigenvalue weighted by atomic mass is 32.2. The van der Waals surface area contributed by atoms with E-state index in [1.54, 1.807) is 55.6 Å². The van der Waals surface area contributed by atoms with Crippen molar-refractivity contribution < 1.29 is 19.1 Å². The fraction of sp³-hybridized carbons (Fsp3) is 0.100. The van der Waals surface area contributed by atoms with Gasteiger partial charge < -0.3 is 15.4 Å². The van der Waals surface area contributed by atoms with Gasteiger partial charge in [-0.25, -0.2) is 0 Å². The first-order chi connectivity index (χ1) is 14.0. The largest absolute Gasteiger partial charge is 0.497 e. The fourth-order valence-corrected chi connectivity index (χ4v) is 4.27. The van der Waals surface area contributed by atoms with Crippen LogP contribution in [0.1, 0.15) is 5.56 Å². The molecule has 1 fully saturated rings. The number of hydrogen-bond donors (Lipinski definition) is 2. The molecule has 1 saturated heterocycles. The van der Waals surface area contributed by atoms with Crippen LogP contribution in [0.4, 0.5) is 11.4 Å². The highest BCUT2D eigenvalue weighted by Gasteiger charge is 2.39. The Bertz CT molecular complexity index is 1080. The molecule has 0 radical (unpaired) electrons. The summed E-state index contributed by atoms with van der Waals surface area (Å²) in [5.74, 6) is -0.488. The topological polar surface area (TPSA) is 87.7 Å². The Labute approximate surface area is 176 Å². The van der Waals surface area contributed by atoms with Crippen molar-refractivity contribution in [1.29, 1.82) is 0 Å². The number of thioether (sulfide) groups is 1. The maximum atomic E-state index is 13.1. The Morgan fingerprint density at radius 2 is 1.90 bits per heavy atom. The van der Waals surface area contributed by atoms with Gasteiger partial charge in [-0.3, -0.25) is 19.3 Å². The van der Waals surface area contributed by atoms with Crippen LogP contribution in [0.15, 0.2) is 53.4 Å². The molecule has 29 heavy (non-hydrogen) atoms. The average molecular weight is 425 g/mol. The van der Waals surface area contributed by atoms with Gasteiger partial charge in [0.15, 0.2) is 0 Å². The standard InChI is InChI=1S/C20H15N3O4S2/c1-27-12-8-6-11(7-9-12)21-15(24)10-23-14-5-3-2-4-13(14)16(19(23)26)17-18(25)22-20(28)29-17/h2-9H,10H2,1H3,(H,21,24)(H,22,25,28)/b17-16-. The molecule has 7 nitrogen and oxygen atoms in total. The van der Waals surface area contributed by atoms with Gasteiger partial charge in [-0.1, -0.05) is 42.2 Å². The highest BCUT2D eigenvalue weighted by molar-refractivity contribution is 8.27. The maximum absolute atomic E-state index is 13.1. The van der Waals surface area contributed by atoms with Gasteiger partial charge in [-0.15, -0.1) is 0 Å². The van der Waals surface area contributed by atoms with Crippen LogP contribution in [0.5, 0.6) is 5.75 Å². The second kappa shape index (κ2) is 7.69. The third-order valence-corrected chi connectivity index (χ3v) is 5.68. The molecule has 0 saturated carbocycles. The van der Waals surface area contributed by atoms with Crippen LogP contribution in [0.2, 0.25) is 0 Å². The van der Waals surface area contributed by atoms with E-state index in [0.717, 1.165) is 11.8 Å². The van der Waals surface area contributed by atoms with Crippen molar-refractivity contribution in [3.63, 3.8) is 0 Å². The quantitative estimate of drug-likeness (QED) is 0.578. The van der Waals surface area contributed by atoms with Gasteiger partial charge in [0.25, 0.3) is 11.8 Å². The first-order valence-corrected chi connectivity index (χ1v) is 9.83. The predicted molar refractivity (Wildman–Crippen MR) is 116 cm³/mol. The van der Waals surface area contributed by atoms with Crippen molar-refractivity contribution >= 4 is 63.0 Å². The number of thiocarbonyl (C=S) groups is 1. The van der Waals surface area contributed by atoms with E-state index >= 15 is 0 Å². The molecule has 2 heterocycles. The smallest absolute Gasteiger partial charge is 0.264 e. The van der Waals surface area contributed by atoms with Crippen LogP contribution >= 0.6 is 24.0 Å². The van der Waals surface area contributed by atoms with Gasteiger partial charge in [0.1, 0.15) is 16.6 Å². The molecule has 0 atom stereocenters. The molecule has 0 unspecified atom stereocenters.